The monoisotopic (exact) mass is 335 g/mol. The summed E-state index contributed by atoms with van der Waals surface area (Å²) in [6.07, 6.45) is -0.503. The molecule has 1 aliphatic rings. The summed E-state index contributed by atoms with van der Waals surface area (Å²) in [5.74, 6) is 0.912. The van der Waals surface area contributed by atoms with E-state index in [0.29, 0.717) is 11.6 Å². The van der Waals surface area contributed by atoms with Gasteiger partial charge in [-0.25, -0.2) is 0 Å². The summed E-state index contributed by atoms with van der Waals surface area (Å²) >= 11 is 5.98. The molecule has 2 heterocycles. The summed E-state index contributed by atoms with van der Waals surface area (Å²) in [5, 5.41) is 14.9. The van der Waals surface area contributed by atoms with Crippen LogP contribution in [0.3, 0.4) is 0 Å². The van der Waals surface area contributed by atoms with E-state index in [1.165, 1.54) is 0 Å². The molecule has 124 valence electrons. The Labute approximate surface area is 141 Å². The summed E-state index contributed by atoms with van der Waals surface area (Å²) < 4.78 is 5.27. The maximum atomic E-state index is 10.4. The number of β-amino-alcohol motifs (C(OH)–C–C–N with tert-alkyl or cyclic N) is 1. The van der Waals surface area contributed by atoms with Gasteiger partial charge in [-0.3, -0.25) is 9.80 Å². The second-order valence-electron chi connectivity index (χ2n) is 6.08. The zero-order valence-corrected chi connectivity index (χ0v) is 14.0. The van der Waals surface area contributed by atoms with Gasteiger partial charge in [-0.1, -0.05) is 28.9 Å². The van der Waals surface area contributed by atoms with Crippen molar-refractivity contribution in [2.24, 2.45) is 0 Å². The maximum absolute atomic E-state index is 10.4. The summed E-state index contributed by atoms with van der Waals surface area (Å²) in [6.45, 7) is 7.16. The molecule has 23 heavy (non-hydrogen) atoms. The first kappa shape index (κ1) is 16.5. The molecule has 1 aliphatic heterocycles. The minimum atomic E-state index is -0.503. The second-order valence-corrected chi connectivity index (χ2v) is 6.52. The number of nitrogens with zero attached hydrogens (tertiary/aromatic N) is 3. The SMILES string of the molecule is Cc1cc(CN2CCN(CC(O)c3cccc(Cl)c3)CC2)on1. The number of aryl methyl sites for hydroxylation is 1. The van der Waals surface area contributed by atoms with E-state index in [1.807, 2.05) is 37.3 Å². The van der Waals surface area contributed by atoms with Crippen LogP contribution in [0.4, 0.5) is 0 Å². The van der Waals surface area contributed by atoms with Crippen molar-refractivity contribution in [1.29, 1.82) is 0 Å². The third-order valence-corrected chi connectivity index (χ3v) is 4.42. The number of aliphatic hydroxyl groups is 1. The van der Waals surface area contributed by atoms with Gasteiger partial charge in [0.15, 0.2) is 5.76 Å². The van der Waals surface area contributed by atoms with Crippen LogP contribution in [0.5, 0.6) is 0 Å². The molecule has 3 rings (SSSR count). The molecular formula is C17H22ClN3O2. The highest BCUT2D eigenvalue weighted by Crippen LogP contribution is 2.19. The van der Waals surface area contributed by atoms with E-state index in [0.717, 1.165) is 49.7 Å². The Morgan fingerprint density at radius 3 is 2.61 bits per heavy atom. The number of halogens is 1. The highest BCUT2D eigenvalue weighted by atomic mass is 35.5. The van der Waals surface area contributed by atoms with Crippen molar-refractivity contribution in [1.82, 2.24) is 15.0 Å². The van der Waals surface area contributed by atoms with E-state index in [-0.39, 0.29) is 0 Å². The van der Waals surface area contributed by atoms with Gasteiger partial charge in [-0.15, -0.1) is 0 Å². The average molecular weight is 336 g/mol. The molecule has 0 radical (unpaired) electrons. The van der Waals surface area contributed by atoms with Gasteiger partial charge < -0.3 is 9.63 Å². The molecule has 0 spiro atoms. The van der Waals surface area contributed by atoms with Crippen LogP contribution in [0, 0.1) is 6.92 Å². The normalized spacial score (nSPS) is 18.2. The van der Waals surface area contributed by atoms with E-state index in [4.69, 9.17) is 16.1 Å². The molecule has 1 fully saturated rings. The van der Waals surface area contributed by atoms with Gasteiger partial charge in [0.25, 0.3) is 0 Å². The van der Waals surface area contributed by atoms with Gasteiger partial charge in [0.1, 0.15) is 0 Å². The number of aliphatic hydroxyl groups excluding tert-OH is 1. The van der Waals surface area contributed by atoms with Crippen LogP contribution in [0.25, 0.3) is 0 Å². The number of rotatable bonds is 5. The number of aromatic nitrogens is 1. The van der Waals surface area contributed by atoms with Crippen molar-refractivity contribution < 1.29 is 9.63 Å². The van der Waals surface area contributed by atoms with E-state index in [1.54, 1.807) is 0 Å². The summed E-state index contributed by atoms with van der Waals surface area (Å²) in [6, 6.07) is 9.42. The zero-order chi connectivity index (χ0) is 16.2. The second kappa shape index (κ2) is 7.45. The van der Waals surface area contributed by atoms with Gasteiger partial charge in [0.05, 0.1) is 18.3 Å². The smallest absolute Gasteiger partial charge is 0.150 e. The molecule has 1 aromatic heterocycles. The van der Waals surface area contributed by atoms with Crippen molar-refractivity contribution in [3.63, 3.8) is 0 Å². The Morgan fingerprint density at radius 2 is 1.96 bits per heavy atom. The minimum absolute atomic E-state index is 0.503. The molecule has 6 heteroatoms. The van der Waals surface area contributed by atoms with Gasteiger partial charge >= 0.3 is 0 Å². The molecule has 1 N–H and O–H groups in total. The molecule has 0 bridgehead atoms. The lowest BCUT2D eigenvalue weighted by atomic mass is 10.1. The number of hydrogen-bond acceptors (Lipinski definition) is 5. The first-order valence-corrected chi connectivity index (χ1v) is 8.28. The summed E-state index contributed by atoms with van der Waals surface area (Å²) in [5.41, 5.74) is 1.79. The maximum Gasteiger partial charge on any atom is 0.150 e. The fourth-order valence-corrected chi connectivity index (χ4v) is 3.10. The quantitative estimate of drug-likeness (QED) is 0.909. The molecule has 5 nitrogen and oxygen atoms in total. The van der Waals surface area contributed by atoms with Gasteiger partial charge in [-0.2, -0.15) is 0 Å². The van der Waals surface area contributed by atoms with Crippen LogP contribution < -0.4 is 0 Å². The van der Waals surface area contributed by atoms with Crippen molar-refractivity contribution in [3.05, 3.63) is 52.4 Å². The molecule has 2 aromatic rings. The first-order chi connectivity index (χ1) is 11.1. The third kappa shape index (κ3) is 4.54. The van der Waals surface area contributed by atoms with Crippen molar-refractivity contribution in [3.8, 4) is 0 Å². The molecule has 1 atom stereocenters. The van der Waals surface area contributed by atoms with E-state index in [9.17, 15) is 5.11 Å². The Kier molecular flexibility index (Phi) is 5.33. The predicted molar refractivity (Wildman–Crippen MR) is 89.4 cm³/mol. The lowest BCUT2D eigenvalue weighted by Gasteiger charge is -2.35. The Hall–Kier alpha value is -1.40. The molecule has 0 saturated carbocycles. The van der Waals surface area contributed by atoms with Gasteiger partial charge in [0.2, 0.25) is 0 Å². The Morgan fingerprint density at radius 1 is 1.22 bits per heavy atom. The summed E-state index contributed by atoms with van der Waals surface area (Å²) in [4.78, 5) is 4.63. The van der Waals surface area contributed by atoms with Crippen molar-refractivity contribution in [2.75, 3.05) is 32.7 Å². The van der Waals surface area contributed by atoms with E-state index >= 15 is 0 Å². The molecular weight excluding hydrogens is 314 g/mol. The third-order valence-electron chi connectivity index (χ3n) is 4.19. The topological polar surface area (TPSA) is 52.7 Å². The van der Waals surface area contributed by atoms with Crippen molar-refractivity contribution in [2.45, 2.75) is 19.6 Å². The fourth-order valence-electron chi connectivity index (χ4n) is 2.91. The number of benzene rings is 1. The Bertz CT molecular complexity index is 638. The first-order valence-electron chi connectivity index (χ1n) is 7.90. The lowest BCUT2D eigenvalue weighted by molar-refractivity contribution is 0.0670. The number of piperazine rings is 1. The lowest BCUT2D eigenvalue weighted by Crippen LogP contribution is -2.47. The molecule has 0 amide bonds. The van der Waals surface area contributed by atoms with Crippen LogP contribution in [0.15, 0.2) is 34.9 Å². The standard InChI is InChI=1S/C17H22ClN3O2/c1-13-9-16(23-19-13)11-20-5-7-21(8-6-20)12-17(22)14-3-2-4-15(18)10-14/h2-4,9-10,17,22H,5-8,11-12H2,1H3. The number of hydrogen-bond donors (Lipinski definition) is 1. The molecule has 1 aromatic carbocycles. The largest absolute Gasteiger partial charge is 0.387 e. The van der Waals surface area contributed by atoms with E-state index < -0.39 is 6.10 Å². The van der Waals surface area contributed by atoms with Crippen LogP contribution in [0.1, 0.15) is 23.1 Å². The van der Waals surface area contributed by atoms with E-state index in [2.05, 4.69) is 15.0 Å². The van der Waals surface area contributed by atoms with Crippen LogP contribution in [0.2, 0.25) is 5.02 Å². The highest BCUT2D eigenvalue weighted by Gasteiger charge is 2.21. The van der Waals surface area contributed by atoms with Crippen LogP contribution in [-0.2, 0) is 6.54 Å². The molecule has 1 unspecified atom stereocenters. The van der Waals surface area contributed by atoms with Gasteiger partial charge in [0, 0.05) is 43.8 Å². The van der Waals surface area contributed by atoms with Gasteiger partial charge in [-0.05, 0) is 24.6 Å². The molecule has 0 aliphatic carbocycles. The Balaban J connectivity index is 1.47. The highest BCUT2D eigenvalue weighted by molar-refractivity contribution is 6.30. The average Bonchev–Trinajstić information content (AvgIpc) is 2.94. The van der Waals surface area contributed by atoms with Crippen molar-refractivity contribution >= 4 is 11.6 Å². The summed E-state index contributed by atoms with van der Waals surface area (Å²) in [7, 11) is 0. The van der Waals surface area contributed by atoms with Crippen LogP contribution in [-0.4, -0.2) is 52.8 Å². The zero-order valence-electron chi connectivity index (χ0n) is 13.3. The minimum Gasteiger partial charge on any atom is -0.387 e. The van der Waals surface area contributed by atoms with Crippen LogP contribution >= 0.6 is 11.6 Å². The molecule has 1 saturated heterocycles. The fraction of sp³-hybridized carbons (Fsp3) is 0.471. The predicted octanol–water partition coefficient (Wildman–Crippen LogP) is 2.49.